The van der Waals surface area contributed by atoms with Crippen LogP contribution in [-0.2, 0) is 0 Å². The number of rotatable bonds is 3. The summed E-state index contributed by atoms with van der Waals surface area (Å²) in [6.45, 7) is 6.76. The van der Waals surface area contributed by atoms with Crippen LogP contribution < -0.4 is 11.1 Å². The maximum Gasteiger partial charge on any atom is 0.106 e. The summed E-state index contributed by atoms with van der Waals surface area (Å²) >= 11 is 5.17. The molecule has 1 unspecified atom stereocenters. The molecular weight excluding hydrogens is 252 g/mol. The van der Waals surface area contributed by atoms with E-state index in [0.29, 0.717) is 16.4 Å². The predicted octanol–water partition coefficient (Wildman–Crippen LogP) is 4.01. The largest absolute Gasteiger partial charge is 0.389 e. The molecule has 1 aromatic rings. The zero-order valence-corrected chi connectivity index (χ0v) is 12.9. The van der Waals surface area contributed by atoms with E-state index >= 15 is 0 Å². The Morgan fingerprint density at radius 1 is 1.37 bits per heavy atom. The fraction of sp³-hybridized carbons (Fsp3) is 0.562. The van der Waals surface area contributed by atoms with Crippen molar-refractivity contribution in [2.75, 3.05) is 5.32 Å². The third-order valence-corrected chi connectivity index (χ3v) is 4.50. The zero-order valence-electron chi connectivity index (χ0n) is 12.1. The Morgan fingerprint density at radius 2 is 2.11 bits per heavy atom. The van der Waals surface area contributed by atoms with Crippen molar-refractivity contribution in [3.05, 3.63) is 29.3 Å². The molecule has 1 atom stereocenters. The maximum absolute atomic E-state index is 5.85. The number of nitrogens with one attached hydrogen (secondary N) is 1. The minimum atomic E-state index is 0.330. The highest BCUT2D eigenvalue weighted by Gasteiger charge is 2.32. The standard InChI is InChI=1S/C16H24N2S/c1-11-7-8-13(12(10-11)15(17)19)18-14-6-4-5-9-16(14,2)3/h7-8,10,14,18H,4-6,9H2,1-3H3,(H2,17,19). The van der Waals surface area contributed by atoms with Crippen LogP contribution in [0, 0.1) is 12.3 Å². The van der Waals surface area contributed by atoms with E-state index in [2.05, 4.69) is 44.3 Å². The first-order chi connectivity index (χ1) is 8.90. The average Bonchev–Trinajstić information content (AvgIpc) is 2.33. The van der Waals surface area contributed by atoms with Crippen molar-refractivity contribution in [2.24, 2.45) is 11.1 Å². The van der Waals surface area contributed by atoms with Gasteiger partial charge in [-0.2, -0.15) is 0 Å². The minimum absolute atomic E-state index is 0.330. The summed E-state index contributed by atoms with van der Waals surface area (Å²) in [5.74, 6) is 0. The first kappa shape index (κ1) is 14.3. The van der Waals surface area contributed by atoms with Crippen molar-refractivity contribution in [1.29, 1.82) is 0 Å². The van der Waals surface area contributed by atoms with Crippen molar-refractivity contribution in [1.82, 2.24) is 0 Å². The molecule has 2 nitrogen and oxygen atoms in total. The van der Waals surface area contributed by atoms with E-state index in [4.69, 9.17) is 18.0 Å². The van der Waals surface area contributed by atoms with Crippen molar-refractivity contribution in [3.63, 3.8) is 0 Å². The van der Waals surface area contributed by atoms with Gasteiger partial charge in [0.1, 0.15) is 4.99 Å². The van der Waals surface area contributed by atoms with E-state index in [9.17, 15) is 0 Å². The summed E-state index contributed by atoms with van der Waals surface area (Å²) in [5.41, 5.74) is 9.42. The lowest BCUT2D eigenvalue weighted by Crippen LogP contribution is -2.39. The van der Waals surface area contributed by atoms with E-state index in [1.165, 1.54) is 31.2 Å². The van der Waals surface area contributed by atoms with Crippen molar-refractivity contribution >= 4 is 22.9 Å². The second-order valence-electron chi connectivity index (χ2n) is 6.34. The van der Waals surface area contributed by atoms with E-state index in [1.54, 1.807) is 0 Å². The molecule has 0 bridgehead atoms. The molecule has 0 aromatic heterocycles. The van der Waals surface area contributed by atoms with Crippen LogP contribution in [0.15, 0.2) is 18.2 Å². The summed E-state index contributed by atoms with van der Waals surface area (Å²) in [4.78, 5) is 0.472. The van der Waals surface area contributed by atoms with Gasteiger partial charge in [-0.1, -0.05) is 50.5 Å². The number of hydrogen-bond donors (Lipinski definition) is 2. The zero-order chi connectivity index (χ0) is 14.0. The highest BCUT2D eigenvalue weighted by molar-refractivity contribution is 7.80. The third kappa shape index (κ3) is 3.27. The summed E-state index contributed by atoms with van der Waals surface area (Å²) in [5, 5.41) is 3.68. The summed E-state index contributed by atoms with van der Waals surface area (Å²) in [6, 6.07) is 6.78. The van der Waals surface area contributed by atoms with Gasteiger partial charge in [-0.25, -0.2) is 0 Å². The maximum atomic E-state index is 5.85. The molecule has 3 N–H and O–H groups in total. The topological polar surface area (TPSA) is 38.0 Å². The molecule has 0 aliphatic heterocycles. The van der Waals surface area contributed by atoms with Gasteiger partial charge in [-0.15, -0.1) is 0 Å². The van der Waals surface area contributed by atoms with Gasteiger partial charge in [0.15, 0.2) is 0 Å². The first-order valence-corrected chi connectivity index (χ1v) is 7.48. The van der Waals surface area contributed by atoms with Gasteiger partial charge >= 0.3 is 0 Å². The van der Waals surface area contributed by atoms with E-state index in [1.807, 2.05) is 0 Å². The molecule has 0 radical (unpaired) electrons. The monoisotopic (exact) mass is 276 g/mol. The van der Waals surface area contributed by atoms with Crippen LogP contribution in [0.1, 0.15) is 50.7 Å². The molecule has 1 aromatic carbocycles. The Kier molecular flexibility index (Phi) is 4.14. The van der Waals surface area contributed by atoms with E-state index in [-0.39, 0.29) is 0 Å². The van der Waals surface area contributed by atoms with Gasteiger partial charge in [0, 0.05) is 17.3 Å². The lowest BCUT2D eigenvalue weighted by Gasteiger charge is -2.40. The number of benzene rings is 1. The number of anilines is 1. The Bertz CT molecular complexity index is 480. The van der Waals surface area contributed by atoms with E-state index < -0.39 is 0 Å². The van der Waals surface area contributed by atoms with Gasteiger partial charge in [0.25, 0.3) is 0 Å². The normalized spacial score (nSPS) is 21.9. The minimum Gasteiger partial charge on any atom is -0.389 e. The molecule has 104 valence electrons. The molecule has 1 aliphatic carbocycles. The Labute approximate surface area is 121 Å². The summed E-state index contributed by atoms with van der Waals surface area (Å²) in [6.07, 6.45) is 5.13. The quantitative estimate of drug-likeness (QED) is 0.819. The predicted molar refractivity (Wildman–Crippen MR) is 86.7 cm³/mol. The molecule has 0 heterocycles. The SMILES string of the molecule is Cc1ccc(NC2CCCCC2(C)C)c(C(N)=S)c1. The lowest BCUT2D eigenvalue weighted by molar-refractivity contribution is 0.217. The van der Waals surface area contributed by atoms with Crippen LogP contribution in [0.4, 0.5) is 5.69 Å². The van der Waals surface area contributed by atoms with Gasteiger partial charge in [-0.05, 0) is 37.3 Å². The molecule has 3 heteroatoms. The number of hydrogen-bond acceptors (Lipinski definition) is 2. The van der Waals surface area contributed by atoms with Crippen molar-refractivity contribution < 1.29 is 0 Å². The number of nitrogens with two attached hydrogens (primary N) is 1. The molecular formula is C16H24N2S. The highest BCUT2D eigenvalue weighted by Crippen LogP contribution is 2.37. The Morgan fingerprint density at radius 3 is 2.74 bits per heavy atom. The Balaban J connectivity index is 2.25. The number of thiocarbonyl (C=S) groups is 1. The van der Waals surface area contributed by atoms with Crippen LogP contribution in [0.25, 0.3) is 0 Å². The van der Waals surface area contributed by atoms with Crippen molar-refractivity contribution in [2.45, 2.75) is 52.5 Å². The second kappa shape index (κ2) is 5.49. The third-order valence-electron chi connectivity index (χ3n) is 4.28. The fourth-order valence-corrected chi connectivity index (χ4v) is 3.11. The Hall–Kier alpha value is -1.09. The van der Waals surface area contributed by atoms with Gasteiger partial charge in [0.05, 0.1) is 0 Å². The number of aryl methyl sites for hydroxylation is 1. The summed E-state index contributed by atoms with van der Waals surface area (Å²) in [7, 11) is 0. The molecule has 1 aliphatic rings. The van der Waals surface area contributed by atoms with Crippen LogP contribution in [0.5, 0.6) is 0 Å². The van der Waals surface area contributed by atoms with Crippen LogP contribution >= 0.6 is 12.2 Å². The molecule has 0 amide bonds. The van der Waals surface area contributed by atoms with Gasteiger partial charge < -0.3 is 11.1 Å². The highest BCUT2D eigenvalue weighted by atomic mass is 32.1. The summed E-state index contributed by atoms with van der Waals surface area (Å²) < 4.78 is 0. The van der Waals surface area contributed by atoms with Gasteiger partial charge in [0.2, 0.25) is 0 Å². The van der Waals surface area contributed by atoms with Crippen LogP contribution in [0.2, 0.25) is 0 Å². The van der Waals surface area contributed by atoms with Crippen molar-refractivity contribution in [3.8, 4) is 0 Å². The molecule has 19 heavy (non-hydrogen) atoms. The molecule has 1 fully saturated rings. The second-order valence-corrected chi connectivity index (χ2v) is 6.78. The average molecular weight is 276 g/mol. The van der Waals surface area contributed by atoms with Crippen LogP contribution in [-0.4, -0.2) is 11.0 Å². The smallest absolute Gasteiger partial charge is 0.106 e. The van der Waals surface area contributed by atoms with E-state index in [0.717, 1.165) is 11.3 Å². The molecule has 0 saturated heterocycles. The molecule has 2 rings (SSSR count). The fourth-order valence-electron chi connectivity index (χ4n) is 2.94. The molecule has 1 saturated carbocycles. The van der Waals surface area contributed by atoms with Crippen LogP contribution in [0.3, 0.4) is 0 Å². The first-order valence-electron chi connectivity index (χ1n) is 7.07. The van der Waals surface area contributed by atoms with Gasteiger partial charge in [-0.3, -0.25) is 0 Å². The lowest BCUT2D eigenvalue weighted by atomic mass is 9.73. The molecule has 0 spiro atoms.